The standard InChI is InChI=1S/C18H30FN/c1-14-13-15(7-8-16(14)19)9-10-18(5,6)11-12-20-17(2,3)4/h7-8,13,20H,9-12H2,1-6H3. The van der Waals surface area contributed by atoms with Gasteiger partial charge in [0, 0.05) is 5.54 Å². The van der Waals surface area contributed by atoms with E-state index in [0.717, 1.165) is 31.4 Å². The molecule has 0 radical (unpaired) electrons. The van der Waals surface area contributed by atoms with Crippen molar-refractivity contribution in [3.05, 3.63) is 35.1 Å². The van der Waals surface area contributed by atoms with Gasteiger partial charge in [0.15, 0.2) is 0 Å². The number of halogens is 1. The van der Waals surface area contributed by atoms with Gasteiger partial charge in [0.1, 0.15) is 5.82 Å². The molecule has 0 aliphatic heterocycles. The molecule has 0 aromatic heterocycles. The fourth-order valence-electron chi connectivity index (χ4n) is 2.25. The molecule has 0 amide bonds. The van der Waals surface area contributed by atoms with Crippen LogP contribution in [0.15, 0.2) is 18.2 Å². The zero-order valence-electron chi connectivity index (χ0n) is 13.9. The summed E-state index contributed by atoms with van der Waals surface area (Å²) in [4.78, 5) is 0. The van der Waals surface area contributed by atoms with Crippen molar-refractivity contribution in [2.45, 2.75) is 66.3 Å². The Labute approximate surface area is 124 Å². The largest absolute Gasteiger partial charge is 0.312 e. The maximum atomic E-state index is 13.2. The molecule has 20 heavy (non-hydrogen) atoms. The highest BCUT2D eigenvalue weighted by Crippen LogP contribution is 2.27. The van der Waals surface area contributed by atoms with E-state index in [1.54, 1.807) is 6.07 Å². The summed E-state index contributed by atoms with van der Waals surface area (Å²) in [6.45, 7) is 14.1. The van der Waals surface area contributed by atoms with Crippen molar-refractivity contribution in [3.8, 4) is 0 Å². The molecule has 0 atom stereocenters. The van der Waals surface area contributed by atoms with Gasteiger partial charge in [-0.15, -0.1) is 0 Å². The molecule has 2 heteroatoms. The van der Waals surface area contributed by atoms with E-state index in [4.69, 9.17) is 0 Å². The predicted octanol–water partition coefficient (Wildman–Crippen LogP) is 4.87. The van der Waals surface area contributed by atoms with Crippen LogP contribution >= 0.6 is 0 Å². The third kappa shape index (κ3) is 6.51. The first-order valence-electron chi connectivity index (χ1n) is 7.59. The van der Waals surface area contributed by atoms with Gasteiger partial charge in [0.05, 0.1) is 0 Å². The fourth-order valence-corrected chi connectivity index (χ4v) is 2.25. The first-order valence-corrected chi connectivity index (χ1v) is 7.59. The Bertz CT molecular complexity index is 430. The van der Waals surface area contributed by atoms with Crippen molar-refractivity contribution in [1.82, 2.24) is 5.32 Å². The van der Waals surface area contributed by atoms with Crippen LogP contribution in [0.4, 0.5) is 4.39 Å². The summed E-state index contributed by atoms with van der Waals surface area (Å²) in [6.07, 6.45) is 3.30. The lowest BCUT2D eigenvalue weighted by Crippen LogP contribution is -2.38. The van der Waals surface area contributed by atoms with Crippen molar-refractivity contribution in [1.29, 1.82) is 0 Å². The smallest absolute Gasteiger partial charge is 0.126 e. The minimum absolute atomic E-state index is 0.109. The molecule has 0 aliphatic carbocycles. The van der Waals surface area contributed by atoms with E-state index in [-0.39, 0.29) is 11.4 Å². The maximum absolute atomic E-state index is 13.2. The van der Waals surface area contributed by atoms with Gasteiger partial charge in [-0.2, -0.15) is 0 Å². The molecule has 114 valence electrons. The number of aryl methyl sites for hydroxylation is 2. The second kappa shape index (κ2) is 6.71. The SMILES string of the molecule is Cc1cc(CCC(C)(C)CCNC(C)(C)C)ccc1F. The number of hydrogen-bond acceptors (Lipinski definition) is 1. The molecule has 1 nitrogen and oxygen atoms in total. The van der Waals surface area contributed by atoms with Crippen LogP contribution in [-0.2, 0) is 6.42 Å². The lowest BCUT2D eigenvalue weighted by molar-refractivity contribution is 0.284. The molecule has 1 aromatic carbocycles. The number of benzene rings is 1. The zero-order valence-corrected chi connectivity index (χ0v) is 13.9. The van der Waals surface area contributed by atoms with Gasteiger partial charge in [-0.3, -0.25) is 0 Å². The molecule has 1 rings (SSSR count). The van der Waals surface area contributed by atoms with E-state index in [1.165, 1.54) is 5.56 Å². The molecular weight excluding hydrogens is 249 g/mol. The van der Waals surface area contributed by atoms with Crippen molar-refractivity contribution in [2.75, 3.05) is 6.54 Å². The summed E-state index contributed by atoms with van der Waals surface area (Å²) in [5.74, 6) is -0.109. The number of nitrogens with one attached hydrogen (secondary N) is 1. The van der Waals surface area contributed by atoms with Crippen molar-refractivity contribution < 1.29 is 4.39 Å². The van der Waals surface area contributed by atoms with Gasteiger partial charge in [-0.25, -0.2) is 4.39 Å². The van der Waals surface area contributed by atoms with Crippen LogP contribution < -0.4 is 5.32 Å². The highest BCUT2D eigenvalue weighted by Gasteiger charge is 2.19. The third-order valence-corrected chi connectivity index (χ3v) is 3.77. The summed E-state index contributed by atoms with van der Waals surface area (Å²) in [5.41, 5.74) is 2.47. The minimum Gasteiger partial charge on any atom is -0.312 e. The zero-order chi connectivity index (χ0) is 15.4. The number of rotatable bonds is 6. The van der Waals surface area contributed by atoms with Crippen LogP contribution in [0.5, 0.6) is 0 Å². The van der Waals surface area contributed by atoms with Gasteiger partial charge in [-0.1, -0.05) is 26.0 Å². The molecule has 1 aromatic rings. The monoisotopic (exact) mass is 279 g/mol. The molecule has 0 bridgehead atoms. The van der Waals surface area contributed by atoms with E-state index >= 15 is 0 Å². The van der Waals surface area contributed by atoms with Crippen LogP contribution in [0, 0.1) is 18.2 Å². The van der Waals surface area contributed by atoms with Crippen LogP contribution in [0.2, 0.25) is 0 Å². The summed E-state index contributed by atoms with van der Waals surface area (Å²) in [6, 6.07) is 5.46. The molecule has 0 saturated carbocycles. The molecule has 0 unspecified atom stereocenters. The van der Waals surface area contributed by atoms with Crippen molar-refractivity contribution in [2.24, 2.45) is 5.41 Å². The maximum Gasteiger partial charge on any atom is 0.126 e. The van der Waals surface area contributed by atoms with Crippen LogP contribution in [0.3, 0.4) is 0 Å². The lowest BCUT2D eigenvalue weighted by atomic mass is 9.83. The minimum atomic E-state index is -0.109. The second-order valence-corrected chi connectivity index (χ2v) is 7.67. The summed E-state index contributed by atoms with van der Waals surface area (Å²) in [5, 5.41) is 3.54. The molecule has 0 fully saturated rings. The van der Waals surface area contributed by atoms with E-state index in [0.29, 0.717) is 5.41 Å². The Kier molecular flexibility index (Phi) is 5.76. The number of hydrogen-bond donors (Lipinski definition) is 1. The molecule has 0 heterocycles. The van der Waals surface area contributed by atoms with Gasteiger partial charge >= 0.3 is 0 Å². The van der Waals surface area contributed by atoms with E-state index in [1.807, 2.05) is 19.1 Å². The van der Waals surface area contributed by atoms with E-state index < -0.39 is 0 Å². The van der Waals surface area contributed by atoms with Gasteiger partial charge in [0.25, 0.3) is 0 Å². The third-order valence-electron chi connectivity index (χ3n) is 3.77. The van der Waals surface area contributed by atoms with Crippen molar-refractivity contribution >= 4 is 0 Å². The first-order chi connectivity index (χ1) is 9.09. The topological polar surface area (TPSA) is 12.0 Å². The second-order valence-electron chi connectivity index (χ2n) is 7.67. The van der Waals surface area contributed by atoms with Gasteiger partial charge in [0.2, 0.25) is 0 Å². The normalized spacial score (nSPS) is 12.8. The Balaban J connectivity index is 2.44. The first kappa shape index (κ1) is 17.2. The average Bonchev–Trinajstić information content (AvgIpc) is 2.29. The highest BCUT2D eigenvalue weighted by atomic mass is 19.1. The Morgan fingerprint density at radius 2 is 1.70 bits per heavy atom. The molecule has 0 aliphatic rings. The van der Waals surface area contributed by atoms with E-state index in [2.05, 4.69) is 39.9 Å². The summed E-state index contributed by atoms with van der Waals surface area (Å²) >= 11 is 0. The van der Waals surface area contributed by atoms with Gasteiger partial charge in [-0.05, 0) is 76.1 Å². The Hall–Kier alpha value is -0.890. The summed E-state index contributed by atoms with van der Waals surface area (Å²) in [7, 11) is 0. The van der Waals surface area contributed by atoms with Crippen LogP contribution in [0.1, 0.15) is 58.6 Å². The van der Waals surface area contributed by atoms with E-state index in [9.17, 15) is 4.39 Å². The van der Waals surface area contributed by atoms with Crippen LogP contribution in [0.25, 0.3) is 0 Å². The molecule has 1 N–H and O–H groups in total. The van der Waals surface area contributed by atoms with Crippen LogP contribution in [-0.4, -0.2) is 12.1 Å². The molecule has 0 spiro atoms. The van der Waals surface area contributed by atoms with Crippen molar-refractivity contribution in [3.63, 3.8) is 0 Å². The Morgan fingerprint density at radius 3 is 2.25 bits per heavy atom. The highest BCUT2D eigenvalue weighted by molar-refractivity contribution is 5.24. The molecular formula is C18H30FN. The Morgan fingerprint density at radius 1 is 1.05 bits per heavy atom. The quantitative estimate of drug-likeness (QED) is 0.783. The average molecular weight is 279 g/mol. The predicted molar refractivity (Wildman–Crippen MR) is 85.6 cm³/mol. The van der Waals surface area contributed by atoms with Gasteiger partial charge < -0.3 is 5.32 Å². The lowest BCUT2D eigenvalue weighted by Gasteiger charge is -2.28. The summed E-state index contributed by atoms with van der Waals surface area (Å²) < 4.78 is 13.2. The fraction of sp³-hybridized carbons (Fsp3) is 0.667. The molecule has 0 saturated heterocycles.